The van der Waals surface area contributed by atoms with Gasteiger partial charge in [-0.2, -0.15) is 0 Å². The minimum atomic E-state index is -4.41. The standard InChI is InChI=1S/C18H38O4S.Na/c1-3-5-7-8-9-10-11-12-14-16-18(23(20,21)22)17(19)15-13-6-4-2;/h17-19H,3-16H2,1-2H3,(H,20,21,22);/q;+1/p-1. The molecule has 0 aliphatic heterocycles. The summed E-state index contributed by atoms with van der Waals surface area (Å²) in [4.78, 5) is 0. The van der Waals surface area contributed by atoms with Crippen molar-refractivity contribution in [2.75, 3.05) is 0 Å². The molecule has 0 saturated carbocycles. The molecular weight excluding hydrogens is 335 g/mol. The van der Waals surface area contributed by atoms with Crippen molar-refractivity contribution in [2.45, 2.75) is 115 Å². The average Bonchev–Trinajstić information content (AvgIpc) is 2.48. The summed E-state index contributed by atoms with van der Waals surface area (Å²) in [5.41, 5.74) is 0. The Morgan fingerprint density at radius 1 is 0.750 bits per heavy atom. The first-order chi connectivity index (χ1) is 10.9. The Morgan fingerprint density at radius 3 is 1.58 bits per heavy atom. The fourth-order valence-electron chi connectivity index (χ4n) is 2.97. The van der Waals surface area contributed by atoms with E-state index in [1.165, 1.54) is 38.5 Å². The largest absolute Gasteiger partial charge is 1.00 e. The second kappa shape index (κ2) is 17.3. The molecule has 0 spiro atoms. The molecule has 0 aromatic rings. The van der Waals surface area contributed by atoms with E-state index in [2.05, 4.69) is 13.8 Å². The van der Waals surface area contributed by atoms with Crippen LogP contribution in [0.3, 0.4) is 0 Å². The number of aliphatic hydroxyl groups excluding tert-OH is 1. The van der Waals surface area contributed by atoms with E-state index in [-0.39, 0.29) is 29.6 Å². The van der Waals surface area contributed by atoms with Gasteiger partial charge in [0.15, 0.2) is 0 Å². The summed E-state index contributed by atoms with van der Waals surface area (Å²) < 4.78 is 34.1. The van der Waals surface area contributed by atoms with Gasteiger partial charge in [0.2, 0.25) is 0 Å². The van der Waals surface area contributed by atoms with Gasteiger partial charge in [-0.3, -0.25) is 0 Å². The van der Waals surface area contributed by atoms with Gasteiger partial charge in [-0.25, -0.2) is 8.42 Å². The van der Waals surface area contributed by atoms with Crippen LogP contribution >= 0.6 is 0 Å². The van der Waals surface area contributed by atoms with E-state index >= 15 is 0 Å². The van der Waals surface area contributed by atoms with Crippen LogP contribution in [-0.2, 0) is 10.1 Å². The second-order valence-electron chi connectivity index (χ2n) is 6.71. The number of hydrogen-bond acceptors (Lipinski definition) is 4. The molecule has 6 heteroatoms. The molecule has 0 rings (SSSR count). The van der Waals surface area contributed by atoms with Crippen molar-refractivity contribution in [1.82, 2.24) is 0 Å². The molecular formula is C18H37NaO4S. The van der Waals surface area contributed by atoms with Crippen LogP contribution in [0.5, 0.6) is 0 Å². The molecule has 0 aromatic carbocycles. The molecule has 0 fully saturated rings. The Kier molecular flexibility index (Phi) is 19.5. The maximum atomic E-state index is 11.4. The maximum absolute atomic E-state index is 11.4. The van der Waals surface area contributed by atoms with Gasteiger partial charge in [-0.05, 0) is 12.8 Å². The third-order valence-electron chi connectivity index (χ3n) is 4.50. The van der Waals surface area contributed by atoms with E-state index in [0.717, 1.165) is 32.1 Å². The molecule has 1 N–H and O–H groups in total. The Bertz CT molecular complexity index is 360. The van der Waals surface area contributed by atoms with Gasteiger partial charge in [-0.15, -0.1) is 0 Å². The van der Waals surface area contributed by atoms with Gasteiger partial charge in [-0.1, -0.05) is 90.9 Å². The molecule has 0 bridgehead atoms. The van der Waals surface area contributed by atoms with Gasteiger partial charge in [0, 0.05) is 0 Å². The Hall–Kier alpha value is 0.870. The van der Waals surface area contributed by atoms with Crippen LogP contribution in [0, 0.1) is 0 Å². The van der Waals surface area contributed by atoms with Crippen molar-refractivity contribution in [1.29, 1.82) is 0 Å². The predicted molar refractivity (Wildman–Crippen MR) is 95.5 cm³/mol. The maximum Gasteiger partial charge on any atom is 1.00 e. The molecule has 2 atom stereocenters. The minimum absolute atomic E-state index is 0. The average molecular weight is 373 g/mol. The molecule has 24 heavy (non-hydrogen) atoms. The molecule has 0 aromatic heterocycles. The zero-order chi connectivity index (χ0) is 17.6. The van der Waals surface area contributed by atoms with Crippen LogP contribution in [0.2, 0.25) is 0 Å². The summed E-state index contributed by atoms with van der Waals surface area (Å²) >= 11 is 0. The number of hydrogen-bond donors (Lipinski definition) is 1. The van der Waals surface area contributed by atoms with Crippen LogP contribution < -0.4 is 29.6 Å². The first kappa shape index (κ1) is 27.1. The summed E-state index contributed by atoms with van der Waals surface area (Å²) in [6.45, 7) is 4.26. The minimum Gasteiger partial charge on any atom is -0.748 e. The van der Waals surface area contributed by atoms with Crippen molar-refractivity contribution < 1.29 is 47.6 Å². The van der Waals surface area contributed by atoms with Crippen LogP contribution in [0.25, 0.3) is 0 Å². The molecule has 0 radical (unpaired) electrons. The fourth-order valence-corrected chi connectivity index (χ4v) is 3.95. The molecule has 0 amide bonds. The van der Waals surface area contributed by atoms with Crippen molar-refractivity contribution in [3.63, 3.8) is 0 Å². The van der Waals surface area contributed by atoms with Crippen molar-refractivity contribution in [2.24, 2.45) is 0 Å². The summed E-state index contributed by atoms with van der Waals surface area (Å²) in [6, 6.07) is 0. The number of rotatable bonds is 16. The monoisotopic (exact) mass is 372 g/mol. The van der Waals surface area contributed by atoms with Crippen molar-refractivity contribution in [3.8, 4) is 0 Å². The predicted octanol–water partition coefficient (Wildman–Crippen LogP) is 1.77. The van der Waals surface area contributed by atoms with Gasteiger partial charge in [0.1, 0.15) is 10.1 Å². The van der Waals surface area contributed by atoms with Gasteiger partial charge < -0.3 is 9.66 Å². The normalized spacial score (nSPS) is 14.2. The van der Waals surface area contributed by atoms with Crippen LogP contribution in [0.15, 0.2) is 0 Å². The molecule has 0 saturated heterocycles. The van der Waals surface area contributed by atoms with E-state index in [0.29, 0.717) is 19.3 Å². The van der Waals surface area contributed by atoms with Gasteiger partial charge in [0.25, 0.3) is 0 Å². The zero-order valence-electron chi connectivity index (χ0n) is 16.1. The summed E-state index contributed by atoms with van der Waals surface area (Å²) in [7, 11) is -4.41. The first-order valence-corrected chi connectivity index (χ1v) is 11.0. The van der Waals surface area contributed by atoms with Crippen molar-refractivity contribution in [3.05, 3.63) is 0 Å². The first-order valence-electron chi connectivity index (χ1n) is 9.56. The Morgan fingerprint density at radius 2 is 1.12 bits per heavy atom. The SMILES string of the molecule is CCCCCCCCCCCC(C(O)CCCCC)S(=O)(=O)[O-].[Na+]. The van der Waals surface area contributed by atoms with E-state index in [4.69, 9.17) is 0 Å². The van der Waals surface area contributed by atoms with E-state index in [1.807, 2.05) is 0 Å². The van der Waals surface area contributed by atoms with E-state index in [9.17, 15) is 18.1 Å². The molecule has 2 unspecified atom stereocenters. The van der Waals surface area contributed by atoms with E-state index < -0.39 is 21.5 Å². The van der Waals surface area contributed by atoms with Crippen molar-refractivity contribution >= 4 is 10.1 Å². The third kappa shape index (κ3) is 15.2. The van der Waals surface area contributed by atoms with Crippen LogP contribution in [0.1, 0.15) is 104 Å². The Labute approximate surface area is 172 Å². The fraction of sp³-hybridized carbons (Fsp3) is 1.00. The molecule has 4 nitrogen and oxygen atoms in total. The third-order valence-corrected chi connectivity index (χ3v) is 5.79. The number of aliphatic hydroxyl groups is 1. The second-order valence-corrected chi connectivity index (χ2v) is 8.30. The molecule has 0 aliphatic carbocycles. The molecule has 0 aliphatic rings. The summed E-state index contributed by atoms with van der Waals surface area (Å²) in [5, 5.41) is 8.89. The molecule has 0 heterocycles. The zero-order valence-corrected chi connectivity index (χ0v) is 19.0. The van der Waals surface area contributed by atoms with E-state index in [1.54, 1.807) is 0 Å². The topological polar surface area (TPSA) is 77.4 Å². The molecule has 140 valence electrons. The van der Waals surface area contributed by atoms with Crippen LogP contribution in [-0.4, -0.2) is 29.4 Å². The Balaban J connectivity index is 0. The van der Waals surface area contributed by atoms with Gasteiger partial charge in [0.05, 0.1) is 11.4 Å². The quantitative estimate of drug-likeness (QED) is 0.254. The smallest absolute Gasteiger partial charge is 0.748 e. The number of unbranched alkanes of at least 4 members (excludes halogenated alkanes) is 10. The summed E-state index contributed by atoms with van der Waals surface area (Å²) in [6.07, 6.45) is 12.8. The summed E-state index contributed by atoms with van der Waals surface area (Å²) in [5.74, 6) is 0. The van der Waals surface area contributed by atoms with Gasteiger partial charge >= 0.3 is 29.6 Å². The van der Waals surface area contributed by atoms with Crippen LogP contribution in [0.4, 0.5) is 0 Å².